The Hall–Kier alpha value is -2.18. The first-order chi connectivity index (χ1) is 8.97. The number of nitrogens with one attached hydrogen (secondary N) is 1. The van der Waals surface area contributed by atoms with Gasteiger partial charge in [0, 0.05) is 0 Å². The Balaban J connectivity index is 2.23. The molecule has 0 aliphatic carbocycles. The first-order valence-electron chi connectivity index (χ1n) is 6.15. The van der Waals surface area contributed by atoms with Gasteiger partial charge in [0.05, 0.1) is 0 Å². The van der Waals surface area contributed by atoms with Crippen LogP contribution in [0, 0.1) is 12.8 Å². The molecule has 2 aromatic heterocycles. The Labute approximate surface area is 110 Å². The lowest BCUT2D eigenvalue weighted by Gasteiger charge is -2.16. The van der Waals surface area contributed by atoms with E-state index < -0.39 is 12.0 Å². The third-order valence-corrected chi connectivity index (χ3v) is 2.75. The number of nitrogens with zero attached hydrogens (tertiary/aromatic N) is 4. The highest BCUT2D eigenvalue weighted by Crippen LogP contribution is 2.12. The summed E-state index contributed by atoms with van der Waals surface area (Å²) in [5.41, 5.74) is 0.638. The molecule has 0 fully saturated rings. The average Bonchev–Trinajstić information content (AvgIpc) is 2.69. The fourth-order valence-corrected chi connectivity index (χ4v) is 1.84. The maximum Gasteiger partial charge on any atom is 0.326 e. The van der Waals surface area contributed by atoms with Crippen LogP contribution in [0.1, 0.15) is 26.1 Å². The molecule has 0 radical (unpaired) electrons. The van der Waals surface area contributed by atoms with Crippen LogP contribution in [-0.4, -0.2) is 36.9 Å². The molecule has 2 rings (SSSR count). The van der Waals surface area contributed by atoms with Gasteiger partial charge in [-0.15, -0.1) is 15.3 Å². The van der Waals surface area contributed by atoms with Gasteiger partial charge in [-0.3, -0.25) is 0 Å². The number of hydrogen-bond acceptors (Lipinski definition) is 5. The summed E-state index contributed by atoms with van der Waals surface area (Å²) in [6.07, 6.45) is 0.538. The van der Waals surface area contributed by atoms with Crippen molar-refractivity contribution in [2.45, 2.75) is 33.2 Å². The third-order valence-electron chi connectivity index (χ3n) is 2.75. The molecule has 7 nitrogen and oxygen atoms in total. The lowest BCUT2D eigenvalue weighted by molar-refractivity contribution is -0.138. The van der Waals surface area contributed by atoms with Gasteiger partial charge in [0.15, 0.2) is 11.5 Å². The molecule has 1 atom stereocenters. The maximum atomic E-state index is 11.2. The highest BCUT2D eigenvalue weighted by molar-refractivity contribution is 5.76. The summed E-state index contributed by atoms with van der Waals surface area (Å²) in [7, 11) is 0. The van der Waals surface area contributed by atoms with Crippen molar-refractivity contribution in [1.29, 1.82) is 0 Å². The first-order valence-corrected chi connectivity index (χ1v) is 6.15. The molecule has 19 heavy (non-hydrogen) atoms. The summed E-state index contributed by atoms with van der Waals surface area (Å²) in [5.74, 6) is 0.572. The van der Waals surface area contributed by atoms with Crippen molar-refractivity contribution in [1.82, 2.24) is 19.8 Å². The first kappa shape index (κ1) is 13.3. The summed E-state index contributed by atoms with van der Waals surface area (Å²) in [5, 5.41) is 24.2. The fraction of sp³-hybridized carbons (Fsp3) is 0.500. The van der Waals surface area contributed by atoms with Crippen molar-refractivity contribution in [2.24, 2.45) is 5.92 Å². The normalized spacial score (nSPS) is 12.8. The average molecular weight is 263 g/mol. The van der Waals surface area contributed by atoms with Crippen LogP contribution >= 0.6 is 0 Å². The van der Waals surface area contributed by atoms with Crippen molar-refractivity contribution >= 4 is 17.4 Å². The number of aliphatic carboxylic acids is 1. The predicted octanol–water partition coefficient (Wildman–Crippen LogP) is 1.34. The van der Waals surface area contributed by atoms with Crippen LogP contribution in [0.15, 0.2) is 12.1 Å². The molecule has 2 aromatic rings. The molecule has 0 aromatic carbocycles. The molecule has 0 amide bonds. The van der Waals surface area contributed by atoms with Crippen LogP contribution in [0.4, 0.5) is 5.82 Å². The van der Waals surface area contributed by atoms with E-state index >= 15 is 0 Å². The summed E-state index contributed by atoms with van der Waals surface area (Å²) < 4.78 is 1.58. The number of aryl methyl sites for hydroxylation is 1. The van der Waals surface area contributed by atoms with Crippen molar-refractivity contribution in [3.05, 3.63) is 18.0 Å². The molecule has 0 bridgehead atoms. The van der Waals surface area contributed by atoms with Crippen LogP contribution in [0.5, 0.6) is 0 Å². The Morgan fingerprint density at radius 1 is 1.42 bits per heavy atom. The quantitative estimate of drug-likeness (QED) is 0.845. The molecule has 0 aliphatic heterocycles. The number of fused-ring (bicyclic) bond motifs is 1. The van der Waals surface area contributed by atoms with E-state index in [1.165, 1.54) is 0 Å². The van der Waals surface area contributed by atoms with Gasteiger partial charge in [0.1, 0.15) is 11.9 Å². The molecule has 1 unspecified atom stereocenters. The van der Waals surface area contributed by atoms with E-state index in [0.29, 0.717) is 23.7 Å². The highest BCUT2D eigenvalue weighted by Gasteiger charge is 2.19. The van der Waals surface area contributed by atoms with E-state index in [0.717, 1.165) is 0 Å². The van der Waals surface area contributed by atoms with Crippen molar-refractivity contribution in [3.8, 4) is 0 Å². The molecule has 2 heterocycles. The van der Waals surface area contributed by atoms with E-state index in [1.54, 1.807) is 23.6 Å². The predicted molar refractivity (Wildman–Crippen MR) is 70.0 cm³/mol. The summed E-state index contributed by atoms with van der Waals surface area (Å²) >= 11 is 0. The van der Waals surface area contributed by atoms with Gasteiger partial charge in [-0.25, -0.2) is 4.79 Å². The van der Waals surface area contributed by atoms with Gasteiger partial charge in [-0.05, 0) is 31.4 Å². The zero-order valence-electron chi connectivity index (χ0n) is 11.2. The van der Waals surface area contributed by atoms with E-state index in [1.807, 2.05) is 13.8 Å². The van der Waals surface area contributed by atoms with Gasteiger partial charge in [-0.1, -0.05) is 13.8 Å². The van der Waals surface area contributed by atoms with Gasteiger partial charge >= 0.3 is 5.97 Å². The van der Waals surface area contributed by atoms with Gasteiger partial charge in [0.25, 0.3) is 0 Å². The van der Waals surface area contributed by atoms with Gasteiger partial charge in [0.2, 0.25) is 0 Å². The van der Waals surface area contributed by atoms with E-state index in [9.17, 15) is 9.90 Å². The topological polar surface area (TPSA) is 92.4 Å². The van der Waals surface area contributed by atoms with E-state index in [2.05, 4.69) is 20.6 Å². The van der Waals surface area contributed by atoms with Crippen molar-refractivity contribution in [2.75, 3.05) is 5.32 Å². The minimum absolute atomic E-state index is 0.286. The van der Waals surface area contributed by atoms with Crippen LogP contribution in [0.2, 0.25) is 0 Å². The largest absolute Gasteiger partial charge is 0.480 e. The van der Waals surface area contributed by atoms with E-state index in [4.69, 9.17) is 0 Å². The third kappa shape index (κ3) is 2.98. The van der Waals surface area contributed by atoms with Gasteiger partial charge in [-0.2, -0.15) is 4.52 Å². The number of carboxylic acids is 1. The lowest BCUT2D eigenvalue weighted by atomic mass is 10.0. The number of carboxylic acid groups (broad SMARTS) is 1. The standard InChI is InChI=1S/C12H17N5O2/c1-7(2)6-9(12(18)19)13-10-4-5-11-15-14-8(3)17(11)16-10/h4-5,7,9H,6H2,1-3H3,(H,13,16)(H,18,19). The molecular weight excluding hydrogens is 246 g/mol. The van der Waals surface area contributed by atoms with Crippen molar-refractivity contribution in [3.63, 3.8) is 0 Å². The molecule has 7 heteroatoms. The minimum atomic E-state index is -0.879. The summed E-state index contributed by atoms with van der Waals surface area (Å²) in [6, 6.07) is 2.81. The second kappa shape index (κ2) is 5.21. The highest BCUT2D eigenvalue weighted by atomic mass is 16.4. The smallest absolute Gasteiger partial charge is 0.326 e. The Morgan fingerprint density at radius 3 is 2.79 bits per heavy atom. The number of anilines is 1. The fourth-order valence-electron chi connectivity index (χ4n) is 1.84. The van der Waals surface area contributed by atoms with Crippen LogP contribution in [0.25, 0.3) is 5.65 Å². The number of hydrogen-bond donors (Lipinski definition) is 2. The monoisotopic (exact) mass is 263 g/mol. The Morgan fingerprint density at radius 2 is 2.16 bits per heavy atom. The van der Waals surface area contributed by atoms with Crippen LogP contribution < -0.4 is 5.32 Å². The molecule has 102 valence electrons. The molecule has 0 saturated carbocycles. The van der Waals surface area contributed by atoms with Crippen LogP contribution in [-0.2, 0) is 4.79 Å². The van der Waals surface area contributed by atoms with Crippen molar-refractivity contribution < 1.29 is 9.90 Å². The second-order valence-electron chi connectivity index (χ2n) is 4.90. The zero-order valence-corrected chi connectivity index (χ0v) is 11.2. The molecule has 0 aliphatic rings. The number of carbonyl (C=O) groups is 1. The maximum absolute atomic E-state index is 11.2. The number of rotatable bonds is 5. The van der Waals surface area contributed by atoms with E-state index in [-0.39, 0.29) is 5.92 Å². The molecule has 0 spiro atoms. The molecular formula is C12H17N5O2. The SMILES string of the molecule is Cc1nnc2ccc(NC(CC(C)C)C(=O)O)nn12. The summed E-state index contributed by atoms with van der Waals surface area (Å²) in [6.45, 7) is 5.76. The summed E-state index contributed by atoms with van der Waals surface area (Å²) in [4.78, 5) is 11.2. The van der Waals surface area contributed by atoms with Gasteiger partial charge < -0.3 is 10.4 Å². The Kier molecular flexibility index (Phi) is 3.64. The minimum Gasteiger partial charge on any atom is -0.480 e. The molecule has 0 saturated heterocycles. The second-order valence-corrected chi connectivity index (χ2v) is 4.90. The number of aromatic nitrogens is 4. The Bertz CT molecular complexity index is 593. The zero-order chi connectivity index (χ0) is 14.0. The molecule has 2 N–H and O–H groups in total. The van der Waals surface area contributed by atoms with Crippen LogP contribution in [0.3, 0.4) is 0 Å². The lowest BCUT2D eigenvalue weighted by Crippen LogP contribution is -2.31.